The van der Waals surface area contributed by atoms with Crippen LogP contribution in [-0.2, 0) is 0 Å². The van der Waals surface area contributed by atoms with Gasteiger partial charge in [0, 0.05) is 7.05 Å². The summed E-state index contributed by atoms with van der Waals surface area (Å²) in [4.78, 5) is 11.0. The SMILES string of the molecule is C=C(C)[C@@H](NC(=O)NC)C(C)C. The molecule has 0 aromatic rings. The molecular formula is C9H18N2O. The highest BCUT2D eigenvalue weighted by Gasteiger charge is 2.15. The molecule has 0 heterocycles. The Bertz CT molecular complexity index is 175. The molecule has 0 aliphatic rings. The standard InChI is InChI=1S/C9H18N2O/c1-6(2)8(7(3)4)11-9(12)10-5/h7-8H,1H2,2-5H3,(H2,10,11,12)/t8-/m1/s1. The Balaban J connectivity index is 4.14. The molecule has 3 nitrogen and oxygen atoms in total. The second-order valence-electron chi connectivity index (χ2n) is 3.29. The Kier molecular flexibility index (Phi) is 4.40. The fourth-order valence-electron chi connectivity index (χ4n) is 1.07. The molecule has 2 amide bonds. The van der Waals surface area contributed by atoms with Crippen LogP contribution in [0.2, 0.25) is 0 Å². The van der Waals surface area contributed by atoms with Crippen molar-refractivity contribution in [2.24, 2.45) is 5.92 Å². The lowest BCUT2D eigenvalue weighted by Crippen LogP contribution is -2.43. The Morgan fingerprint density at radius 2 is 1.92 bits per heavy atom. The number of urea groups is 1. The van der Waals surface area contributed by atoms with Gasteiger partial charge in [0.2, 0.25) is 0 Å². The van der Waals surface area contributed by atoms with Crippen LogP contribution in [0.1, 0.15) is 20.8 Å². The molecule has 0 fully saturated rings. The van der Waals surface area contributed by atoms with Crippen molar-refractivity contribution in [3.05, 3.63) is 12.2 Å². The van der Waals surface area contributed by atoms with E-state index in [1.165, 1.54) is 0 Å². The van der Waals surface area contributed by atoms with Crippen LogP contribution in [0, 0.1) is 5.92 Å². The lowest BCUT2D eigenvalue weighted by atomic mass is 9.98. The Morgan fingerprint density at radius 3 is 2.17 bits per heavy atom. The molecule has 0 saturated carbocycles. The molecule has 0 saturated heterocycles. The smallest absolute Gasteiger partial charge is 0.315 e. The Hall–Kier alpha value is -0.990. The van der Waals surface area contributed by atoms with Crippen molar-refractivity contribution in [1.82, 2.24) is 10.6 Å². The minimum Gasteiger partial charge on any atom is -0.341 e. The molecule has 0 rings (SSSR count). The van der Waals surface area contributed by atoms with Crippen LogP contribution in [0.3, 0.4) is 0 Å². The molecule has 0 aromatic carbocycles. The van der Waals surface area contributed by atoms with Crippen molar-refractivity contribution in [1.29, 1.82) is 0 Å². The molecule has 1 atom stereocenters. The topological polar surface area (TPSA) is 41.1 Å². The zero-order valence-corrected chi connectivity index (χ0v) is 8.27. The molecule has 0 aliphatic carbocycles. The van der Waals surface area contributed by atoms with E-state index < -0.39 is 0 Å². The van der Waals surface area contributed by atoms with E-state index in [4.69, 9.17) is 0 Å². The van der Waals surface area contributed by atoms with Crippen molar-refractivity contribution in [3.8, 4) is 0 Å². The third kappa shape index (κ3) is 3.42. The second kappa shape index (κ2) is 4.80. The van der Waals surface area contributed by atoms with E-state index >= 15 is 0 Å². The van der Waals surface area contributed by atoms with Gasteiger partial charge in [-0.25, -0.2) is 4.79 Å². The van der Waals surface area contributed by atoms with E-state index in [9.17, 15) is 4.79 Å². The summed E-state index contributed by atoms with van der Waals surface area (Å²) in [6.45, 7) is 9.84. The van der Waals surface area contributed by atoms with Crippen LogP contribution in [0.15, 0.2) is 12.2 Å². The van der Waals surface area contributed by atoms with Crippen LogP contribution >= 0.6 is 0 Å². The van der Waals surface area contributed by atoms with E-state index in [0.29, 0.717) is 5.92 Å². The van der Waals surface area contributed by atoms with Crippen LogP contribution in [-0.4, -0.2) is 19.1 Å². The van der Waals surface area contributed by atoms with E-state index in [1.54, 1.807) is 7.05 Å². The number of nitrogens with one attached hydrogen (secondary N) is 2. The van der Waals surface area contributed by atoms with Crippen LogP contribution in [0.4, 0.5) is 4.79 Å². The lowest BCUT2D eigenvalue weighted by molar-refractivity contribution is 0.237. The zero-order chi connectivity index (χ0) is 9.72. The largest absolute Gasteiger partial charge is 0.341 e. The van der Waals surface area contributed by atoms with E-state index in [0.717, 1.165) is 5.57 Å². The highest BCUT2D eigenvalue weighted by atomic mass is 16.2. The van der Waals surface area contributed by atoms with Gasteiger partial charge < -0.3 is 10.6 Å². The predicted octanol–water partition coefficient (Wildman–Crippen LogP) is 1.52. The first kappa shape index (κ1) is 11.0. The number of hydrogen-bond acceptors (Lipinski definition) is 1. The summed E-state index contributed by atoms with van der Waals surface area (Å²) in [5.41, 5.74) is 0.980. The van der Waals surface area contributed by atoms with Crippen molar-refractivity contribution in [3.63, 3.8) is 0 Å². The van der Waals surface area contributed by atoms with E-state index in [-0.39, 0.29) is 12.1 Å². The van der Waals surface area contributed by atoms with Gasteiger partial charge in [0.1, 0.15) is 0 Å². The first-order valence-electron chi connectivity index (χ1n) is 4.12. The van der Waals surface area contributed by atoms with Gasteiger partial charge in [-0.2, -0.15) is 0 Å². The first-order chi connectivity index (χ1) is 5.49. The Labute approximate surface area is 74.2 Å². The lowest BCUT2D eigenvalue weighted by Gasteiger charge is -2.22. The highest BCUT2D eigenvalue weighted by Crippen LogP contribution is 2.09. The molecule has 2 N–H and O–H groups in total. The minimum atomic E-state index is -0.156. The normalized spacial score (nSPS) is 12.4. The molecule has 3 heteroatoms. The molecule has 0 unspecified atom stereocenters. The number of carbonyl (C=O) groups excluding carboxylic acids is 1. The van der Waals surface area contributed by atoms with Gasteiger partial charge in [0.05, 0.1) is 6.04 Å². The summed E-state index contributed by atoms with van der Waals surface area (Å²) in [6.07, 6.45) is 0. The summed E-state index contributed by atoms with van der Waals surface area (Å²) in [5.74, 6) is 0.375. The quantitative estimate of drug-likeness (QED) is 0.619. The van der Waals surface area contributed by atoms with Crippen LogP contribution in [0.25, 0.3) is 0 Å². The first-order valence-corrected chi connectivity index (χ1v) is 4.12. The summed E-state index contributed by atoms with van der Waals surface area (Å²) in [5, 5.41) is 5.33. The average molecular weight is 170 g/mol. The van der Waals surface area contributed by atoms with Crippen molar-refractivity contribution in [2.45, 2.75) is 26.8 Å². The third-order valence-corrected chi connectivity index (χ3v) is 1.71. The molecule has 0 radical (unpaired) electrons. The van der Waals surface area contributed by atoms with Gasteiger partial charge in [-0.15, -0.1) is 0 Å². The highest BCUT2D eigenvalue weighted by molar-refractivity contribution is 5.74. The molecule has 0 aromatic heterocycles. The summed E-state index contributed by atoms with van der Waals surface area (Å²) >= 11 is 0. The molecule has 0 bridgehead atoms. The summed E-state index contributed by atoms with van der Waals surface area (Å²) < 4.78 is 0. The molecule has 12 heavy (non-hydrogen) atoms. The maximum atomic E-state index is 11.0. The molecule has 0 spiro atoms. The van der Waals surface area contributed by atoms with E-state index in [2.05, 4.69) is 31.1 Å². The number of amides is 2. The number of rotatable bonds is 3. The molecule has 70 valence electrons. The monoisotopic (exact) mass is 170 g/mol. The van der Waals surface area contributed by atoms with Gasteiger partial charge in [-0.3, -0.25) is 0 Å². The van der Waals surface area contributed by atoms with Gasteiger partial charge in [0.15, 0.2) is 0 Å². The Morgan fingerprint density at radius 1 is 1.42 bits per heavy atom. The van der Waals surface area contributed by atoms with Gasteiger partial charge in [0.25, 0.3) is 0 Å². The summed E-state index contributed by atoms with van der Waals surface area (Å²) in [7, 11) is 1.60. The average Bonchev–Trinajstić information content (AvgIpc) is 1.98. The minimum absolute atomic E-state index is 0.0601. The van der Waals surface area contributed by atoms with Crippen LogP contribution < -0.4 is 10.6 Å². The fourth-order valence-corrected chi connectivity index (χ4v) is 1.07. The van der Waals surface area contributed by atoms with Crippen molar-refractivity contribution < 1.29 is 4.79 Å². The van der Waals surface area contributed by atoms with Gasteiger partial charge in [-0.1, -0.05) is 26.0 Å². The van der Waals surface area contributed by atoms with E-state index in [1.807, 2.05) is 6.92 Å². The molecular weight excluding hydrogens is 152 g/mol. The van der Waals surface area contributed by atoms with Gasteiger partial charge in [-0.05, 0) is 12.8 Å². The zero-order valence-electron chi connectivity index (χ0n) is 8.27. The van der Waals surface area contributed by atoms with Crippen molar-refractivity contribution in [2.75, 3.05) is 7.05 Å². The number of carbonyl (C=O) groups is 1. The maximum Gasteiger partial charge on any atom is 0.315 e. The predicted molar refractivity (Wildman–Crippen MR) is 51.0 cm³/mol. The van der Waals surface area contributed by atoms with Gasteiger partial charge >= 0.3 is 6.03 Å². The van der Waals surface area contributed by atoms with Crippen LogP contribution in [0.5, 0.6) is 0 Å². The number of hydrogen-bond donors (Lipinski definition) is 2. The fraction of sp³-hybridized carbons (Fsp3) is 0.667. The maximum absolute atomic E-state index is 11.0. The third-order valence-electron chi connectivity index (χ3n) is 1.71. The summed E-state index contributed by atoms with van der Waals surface area (Å²) in [6, 6.07) is -0.0957. The second-order valence-corrected chi connectivity index (χ2v) is 3.29. The van der Waals surface area contributed by atoms with Crippen molar-refractivity contribution >= 4 is 6.03 Å². The molecule has 0 aliphatic heterocycles.